The number of nitrogens with zero attached hydrogens (tertiary/aromatic N) is 3. The summed E-state index contributed by atoms with van der Waals surface area (Å²) in [7, 11) is 0. The number of carbonyl (C=O) groups is 1. The fourth-order valence-electron chi connectivity index (χ4n) is 5.42. The van der Waals surface area contributed by atoms with E-state index < -0.39 is 16.8 Å². The van der Waals surface area contributed by atoms with E-state index in [9.17, 15) is 23.7 Å². The number of fused-ring (bicyclic) bond motifs is 1. The molecule has 1 fully saturated rings. The number of anilines is 1. The van der Waals surface area contributed by atoms with Crippen molar-refractivity contribution in [2.24, 2.45) is 5.92 Å². The molecule has 2 aliphatic heterocycles. The third kappa shape index (κ3) is 5.61. The van der Waals surface area contributed by atoms with Crippen LogP contribution in [-0.2, 0) is 30.7 Å². The SMILES string of the molecule is O=C(OCc1ccccc1)N1CCc2c(CC3CCN(c4ccc([N+](=O)[O-])cc4F)CC3)ccc(F)c2C1. The van der Waals surface area contributed by atoms with Crippen molar-refractivity contribution in [3.05, 3.63) is 105 Å². The summed E-state index contributed by atoms with van der Waals surface area (Å²) >= 11 is 0. The number of halogens is 2. The topological polar surface area (TPSA) is 75.9 Å². The summed E-state index contributed by atoms with van der Waals surface area (Å²) in [4.78, 5) is 26.4. The highest BCUT2D eigenvalue weighted by molar-refractivity contribution is 5.68. The van der Waals surface area contributed by atoms with Gasteiger partial charge in [-0.05, 0) is 60.4 Å². The first-order valence-corrected chi connectivity index (χ1v) is 12.8. The molecular formula is C29H29F2N3O4. The second kappa shape index (κ2) is 11.2. The van der Waals surface area contributed by atoms with Crippen LogP contribution in [0.4, 0.5) is 25.0 Å². The number of benzene rings is 3. The van der Waals surface area contributed by atoms with Crippen molar-refractivity contribution in [1.82, 2.24) is 4.90 Å². The van der Waals surface area contributed by atoms with Crippen LogP contribution < -0.4 is 4.90 Å². The van der Waals surface area contributed by atoms with Crippen molar-refractivity contribution < 1.29 is 23.2 Å². The zero-order valence-corrected chi connectivity index (χ0v) is 20.9. The van der Waals surface area contributed by atoms with Gasteiger partial charge in [0.2, 0.25) is 0 Å². The number of amides is 1. The molecule has 0 radical (unpaired) electrons. The first kappa shape index (κ1) is 25.6. The summed E-state index contributed by atoms with van der Waals surface area (Å²) in [6.45, 7) is 2.11. The molecule has 1 saturated heterocycles. The van der Waals surface area contributed by atoms with Crippen molar-refractivity contribution in [2.45, 2.75) is 38.8 Å². The largest absolute Gasteiger partial charge is 0.445 e. The number of piperidine rings is 1. The van der Waals surface area contributed by atoms with Crippen LogP contribution in [0, 0.1) is 27.7 Å². The van der Waals surface area contributed by atoms with Gasteiger partial charge in [-0.25, -0.2) is 13.6 Å². The molecule has 0 saturated carbocycles. The van der Waals surface area contributed by atoms with E-state index in [1.807, 2.05) is 41.3 Å². The molecule has 0 aliphatic carbocycles. The third-order valence-corrected chi connectivity index (χ3v) is 7.52. The Hall–Kier alpha value is -4.01. The average Bonchev–Trinajstić information content (AvgIpc) is 2.94. The minimum absolute atomic E-state index is 0.175. The first-order chi connectivity index (χ1) is 18.4. The fourth-order valence-corrected chi connectivity index (χ4v) is 5.42. The molecule has 1 amide bonds. The van der Waals surface area contributed by atoms with Gasteiger partial charge in [0.25, 0.3) is 5.69 Å². The van der Waals surface area contributed by atoms with Gasteiger partial charge in [-0.2, -0.15) is 0 Å². The van der Waals surface area contributed by atoms with Crippen LogP contribution >= 0.6 is 0 Å². The van der Waals surface area contributed by atoms with Crippen molar-refractivity contribution >= 4 is 17.5 Å². The van der Waals surface area contributed by atoms with Crippen LogP contribution in [0.2, 0.25) is 0 Å². The number of rotatable bonds is 6. The second-order valence-electron chi connectivity index (χ2n) is 9.90. The van der Waals surface area contributed by atoms with Crippen LogP contribution in [0.5, 0.6) is 0 Å². The van der Waals surface area contributed by atoms with Crippen LogP contribution in [-0.4, -0.2) is 35.6 Å². The zero-order chi connectivity index (χ0) is 26.6. The number of hydrogen-bond acceptors (Lipinski definition) is 5. The lowest BCUT2D eigenvalue weighted by Gasteiger charge is -2.35. The Morgan fingerprint density at radius 3 is 2.45 bits per heavy atom. The van der Waals surface area contributed by atoms with Gasteiger partial charge in [-0.1, -0.05) is 36.4 Å². The van der Waals surface area contributed by atoms with Gasteiger partial charge in [-0.15, -0.1) is 0 Å². The molecule has 2 aliphatic rings. The van der Waals surface area contributed by atoms with Crippen LogP contribution in [0.3, 0.4) is 0 Å². The lowest BCUT2D eigenvalue weighted by atomic mass is 9.85. The Morgan fingerprint density at radius 2 is 1.74 bits per heavy atom. The van der Waals surface area contributed by atoms with Gasteiger partial charge in [0.05, 0.1) is 23.2 Å². The molecule has 0 N–H and O–H groups in total. The van der Waals surface area contributed by atoms with Crippen LogP contribution in [0.15, 0.2) is 60.7 Å². The maximum Gasteiger partial charge on any atom is 0.410 e. The van der Waals surface area contributed by atoms with Crippen molar-refractivity contribution in [1.29, 1.82) is 0 Å². The highest BCUT2D eigenvalue weighted by Crippen LogP contribution is 2.32. The third-order valence-electron chi connectivity index (χ3n) is 7.52. The minimum Gasteiger partial charge on any atom is -0.445 e. The Bertz CT molecular complexity index is 1330. The Morgan fingerprint density at radius 1 is 0.974 bits per heavy atom. The molecule has 0 spiro atoms. The molecule has 38 heavy (non-hydrogen) atoms. The van der Waals surface area contributed by atoms with E-state index in [0.29, 0.717) is 43.2 Å². The predicted octanol–water partition coefficient (Wildman–Crippen LogP) is 6.03. The van der Waals surface area contributed by atoms with Crippen molar-refractivity contribution in [3.8, 4) is 0 Å². The lowest BCUT2D eigenvalue weighted by molar-refractivity contribution is -0.385. The van der Waals surface area contributed by atoms with Gasteiger partial charge >= 0.3 is 6.09 Å². The molecule has 0 aromatic heterocycles. The number of nitro benzene ring substituents is 1. The molecule has 9 heteroatoms. The normalized spacial score (nSPS) is 15.7. The number of non-ortho nitro benzene ring substituents is 1. The summed E-state index contributed by atoms with van der Waals surface area (Å²) in [5.41, 5.74) is 3.64. The maximum absolute atomic E-state index is 14.8. The molecule has 2 heterocycles. The zero-order valence-electron chi connectivity index (χ0n) is 20.9. The lowest BCUT2D eigenvalue weighted by Crippen LogP contribution is -2.37. The van der Waals surface area contributed by atoms with E-state index in [-0.39, 0.29) is 24.7 Å². The predicted molar refractivity (Wildman–Crippen MR) is 139 cm³/mol. The molecule has 3 aromatic rings. The Labute approximate surface area is 219 Å². The summed E-state index contributed by atoms with van der Waals surface area (Å²) in [6.07, 6.45) is 2.57. The number of ether oxygens (including phenoxy) is 1. The van der Waals surface area contributed by atoms with Crippen LogP contribution in [0.1, 0.15) is 35.1 Å². The van der Waals surface area contributed by atoms with Gasteiger partial charge in [0.15, 0.2) is 5.82 Å². The molecule has 0 atom stereocenters. The average molecular weight is 522 g/mol. The molecule has 5 rings (SSSR count). The minimum atomic E-state index is -0.602. The fraction of sp³-hybridized carbons (Fsp3) is 0.345. The van der Waals surface area contributed by atoms with Crippen molar-refractivity contribution in [2.75, 3.05) is 24.5 Å². The molecule has 0 bridgehead atoms. The number of carbonyl (C=O) groups excluding carboxylic acids is 1. The molecule has 198 valence electrons. The summed E-state index contributed by atoms with van der Waals surface area (Å²) < 4.78 is 34.7. The van der Waals surface area contributed by atoms with E-state index >= 15 is 0 Å². The monoisotopic (exact) mass is 521 g/mol. The van der Waals surface area contributed by atoms with Crippen molar-refractivity contribution in [3.63, 3.8) is 0 Å². The molecular weight excluding hydrogens is 492 g/mol. The number of nitro groups is 1. The number of hydrogen-bond donors (Lipinski definition) is 0. The molecule has 7 nitrogen and oxygen atoms in total. The highest BCUT2D eigenvalue weighted by atomic mass is 19.1. The molecule has 0 unspecified atom stereocenters. The van der Waals surface area contributed by atoms with E-state index in [1.165, 1.54) is 18.2 Å². The highest BCUT2D eigenvalue weighted by Gasteiger charge is 2.28. The first-order valence-electron chi connectivity index (χ1n) is 12.8. The summed E-state index contributed by atoms with van der Waals surface area (Å²) in [5, 5.41) is 10.9. The summed E-state index contributed by atoms with van der Waals surface area (Å²) in [6, 6.07) is 16.5. The van der Waals surface area contributed by atoms with Gasteiger partial charge < -0.3 is 14.5 Å². The van der Waals surface area contributed by atoms with Gasteiger partial charge in [0, 0.05) is 31.3 Å². The van der Waals surface area contributed by atoms with Crippen LogP contribution in [0.25, 0.3) is 0 Å². The standard InChI is InChI=1S/C29H29F2N3O4/c30-26-8-6-22(16-20-10-13-32(14-11-20)28-9-7-23(34(36)37)17-27(28)31)24-12-15-33(18-25(24)26)29(35)38-19-21-4-2-1-3-5-21/h1-9,17,20H,10-16,18-19H2. The smallest absolute Gasteiger partial charge is 0.410 e. The Kier molecular flexibility index (Phi) is 7.53. The van der Waals surface area contributed by atoms with Gasteiger partial charge in [-0.3, -0.25) is 10.1 Å². The quantitative estimate of drug-likeness (QED) is 0.293. The van der Waals surface area contributed by atoms with E-state index in [0.717, 1.165) is 42.0 Å². The van der Waals surface area contributed by atoms with E-state index in [2.05, 4.69) is 0 Å². The molecule has 3 aromatic carbocycles. The maximum atomic E-state index is 14.8. The summed E-state index contributed by atoms with van der Waals surface area (Å²) in [5.74, 6) is -0.541. The van der Waals surface area contributed by atoms with Gasteiger partial charge in [0.1, 0.15) is 12.4 Å². The van der Waals surface area contributed by atoms with E-state index in [4.69, 9.17) is 4.74 Å². The second-order valence-corrected chi connectivity index (χ2v) is 9.90. The Balaban J connectivity index is 1.20. The van der Waals surface area contributed by atoms with E-state index in [1.54, 1.807) is 4.90 Å².